The van der Waals surface area contributed by atoms with Gasteiger partial charge in [0.25, 0.3) is 6.47 Å². The van der Waals surface area contributed by atoms with E-state index in [1.807, 2.05) is 0 Å². The van der Waals surface area contributed by atoms with Crippen molar-refractivity contribution in [2.45, 2.75) is 70.6 Å². The van der Waals surface area contributed by atoms with Crippen molar-refractivity contribution in [1.29, 1.82) is 0 Å². The number of carboxylic acid groups (broad SMARTS) is 1. The van der Waals surface area contributed by atoms with Crippen molar-refractivity contribution in [3.8, 4) is 11.5 Å². The number of aromatic nitrogens is 1. The summed E-state index contributed by atoms with van der Waals surface area (Å²) in [5.74, 6) is -1.89. The molecular weight excluding hydrogens is 806 g/mol. The van der Waals surface area contributed by atoms with E-state index in [0.717, 1.165) is 38.3 Å². The normalized spacial score (nSPS) is 18.1. The second-order valence-corrected chi connectivity index (χ2v) is 14.7. The first-order chi connectivity index (χ1) is 27.8. The summed E-state index contributed by atoms with van der Waals surface area (Å²) in [5.41, 5.74) is 1.50. The molecule has 1 aromatic heterocycles. The molecule has 3 aromatic carbocycles. The second kappa shape index (κ2) is 20.6. The number of hydrogen-bond donors (Lipinski definition) is 2. The van der Waals surface area contributed by atoms with Gasteiger partial charge in [-0.05, 0) is 87.2 Å². The first-order valence-corrected chi connectivity index (χ1v) is 19.1. The van der Waals surface area contributed by atoms with Gasteiger partial charge in [-0.2, -0.15) is 13.5 Å². The highest BCUT2D eigenvalue weighted by Gasteiger charge is 2.38. The van der Waals surface area contributed by atoms with Gasteiger partial charge in [0, 0.05) is 30.6 Å². The van der Waals surface area contributed by atoms with Crippen molar-refractivity contribution in [2.75, 3.05) is 19.6 Å². The van der Waals surface area contributed by atoms with Gasteiger partial charge < -0.3 is 29.3 Å². The lowest BCUT2D eigenvalue weighted by Crippen LogP contribution is -2.52. The molecule has 3 fully saturated rings. The van der Waals surface area contributed by atoms with Gasteiger partial charge in [-0.3, -0.25) is 15.0 Å². The Labute approximate surface area is 342 Å². The van der Waals surface area contributed by atoms with Crippen LogP contribution in [0.25, 0.3) is 0 Å². The third-order valence-corrected chi connectivity index (χ3v) is 10.3. The Kier molecular flexibility index (Phi) is 15.6. The summed E-state index contributed by atoms with van der Waals surface area (Å²) in [4.78, 5) is 38.1. The van der Waals surface area contributed by atoms with Crippen LogP contribution in [0.15, 0.2) is 79.1 Å². The lowest BCUT2D eigenvalue weighted by molar-refractivity contribution is -0.605. The van der Waals surface area contributed by atoms with Gasteiger partial charge in [0.2, 0.25) is 0 Å². The zero-order valence-corrected chi connectivity index (χ0v) is 33.0. The average Bonchev–Trinajstić information content (AvgIpc) is 3.17. The maximum Gasteiger partial charge on any atom is 0.387 e. The minimum atomic E-state index is -3.12. The second-order valence-electron chi connectivity index (χ2n) is 13.9. The van der Waals surface area contributed by atoms with Gasteiger partial charge >= 0.3 is 18.6 Å². The minimum absolute atomic E-state index is 0.0130. The van der Waals surface area contributed by atoms with Crippen LogP contribution in [0, 0.1) is 16.9 Å². The molecule has 7 rings (SSSR count). The van der Waals surface area contributed by atoms with Crippen LogP contribution in [0.1, 0.15) is 71.4 Å². The number of hydrogen-bond acceptors (Lipinski definition) is 10. The lowest BCUT2D eigenvalue weighted by atomic mass is 9.86. The van der Waals surface area contributed by atoms with E-state index in [-0.39, 0.29) is 64.1 Å². The number of nitrogens with zero attached hydrogens (tertiary/aromatic N) is 2. The minimum Gasteiger partial charge on any atom is -0.619 e. The van der Waals surface area contributed by atoms with E-state index in [2.05, 4.69) is 15.0 Å². The van der Waals surface area contributed by atoms with Crippen LogP contribution in [-0.4, -0.2) is 66.9 Å². The van der Waals surface area contributed by atoms with Crippen molar-refractivity contribution in [2.24, 2.45) is 5.92 Å². The van der Waals surface area contributed by atoms with E-state index in [9.17, 15) is 23.6 Å². The molecule has 2 N–H and O–H groups in total. The molecule has 3 atom stereocenters. The zero-order chi connectivity index (χ0) is 41.9. The summed E-state index contributed by atoms with van der Waals surface area (Å²) >= 11 is 12.8. The van der Waals surface area contributed by atoms with Gasteiger partial charge in [0.15, 0.2) is 23.9 Å². The highest BCUT2D eigenvalue weighted by atomic mass is 35.5. The third kappa shape index (κ3) is 11.7. The molecule has 0 spiro atoms. The number of fused-ring (bicyclic) bond motifs is 3. The van der Waals surface area contributed by atoms with Crippen LogP contribution in [-0.2, 0) is 32.0 Å². The van der Waals surface area contributed by atoms with E-state index in [1.165, 1.54) is 36.4 Å². The summed E-state index contributed by atoms with van der Waals surface area (Å²) in [7, 11) is 0. The number of halogens is 5. The third-order valence-electron chi connectivity index (χ3n) is 9.60. The van der Waals surface area contributed by atoms with Crippen LogP contribution in [0.4, 0.5) is 13.2 Å². The van der Waals surface area contributed by atoms with Gasteiger partial charge in [-0.15, -0.1) is 0 Å². The molecule has 2 unspecified atom stereocenters. The number of carbonyl (C=O) groups excluding carboxylic acids is 2. The molecule has 17 heteroatoms. The predicted octanol–water partition coefficient (Wildman–Crippen LogP) is 7.46. The Morgan fingerprint density at radius 3 is 2.31 bits per heavy atom. The van der Waals surface area contributed by atoms with Crippen molar-refractivity contribution in [1.82, 2.24) is 10.2 Å². The number of alkyl halides is 2. The van der Waals surface area contributed by atoms with Gasteiger partial charge in [-0.25, -0.2) is 14.0 Å². The monoisotopic (exact) mass is 847 g/mol. The molecule has 2 bridgehead atoms. The number of esters is 2. The van der Waals surface area contributed by atoms with E-state index < -0.39 is 42.6 Å². The zero-order valence-electron chi connectivity index (χ0n) is 31.5. The average molecular weight is 849 g/mol. The molecule has 310 valence electrons. The Bertz CT molecular complexity index is 2030. The fourth-order valence-electron chi connectivity index (χ4n) is 6.92. The topological polar surface area (TPSA) is 151 Å². The quantitative estimate of drug-likeness (QED) is 0.0531. The summed E-state index contributed by atoms with van der Waals surface area (Å²) in [5, 5.41) is 22.0. The SMILES string of the molecule is CC(C)Oc1cc(C(Cc2c(Cl)c[n+]([O-])cc2Cl)OC(=O)c2cccc(CNC(C(=O)O[C@H]3CN4CCC3CC4)c3ccccc3F)c2)ccc1OC(F)F.O=CO. The van der Waals surface area contributed by atoms with E-state index in [1.54, 1.807) is 44.2 Å². The smallest absolute Gasteiger partial charge is 0.387 e. The number of ether oxygens (including phenoxy) is 4. The highest BCUT2D eigenvalue weighted by molar-refractivity contribution is 6.35. The lowest BCUT2D eigenvalue weighted by Gasteiger charge is -2.44. The molecule has 4 heterocycles. The first-order valence-electron chi connectivity index (χ1n) is 18.4. The van der Waals surface area contributed by atoms with E-state index >= 15 is 4.39 Å². The summed E-state index contributed by atoms with van der Waals surface area (Å²) < 4.78 is 64.4. The molecule has 0 aliphatic carbocycles. The summed E-state index contributed by atoms with van der Waals surface area (Å²) in [6, 6.07) is 15.5. The standard InChI is InChI=1S/C40H40Cl2F3N3O7.CH2O2/c1-23(2)52-35-17-26(10-11-33(35)55-40(44)45)34(18-29-30(41)20-48(51)21-31(29)42)53-38(49)27-7-5-6-24(16-27)19-46-37(28-8-3-4-9-32(28)43)39(50)54-36-22-47-14-12-25(36)13-15-47;2-1-3/h3-11,16-17,20-21,23,25,34,36-37,40,46H,12-15,18-19,22H2,1-2H3;1H,(H,2,3)/t34?,36-,37?;/m0./s1. The van der Waals surface area contributed by atoms with Crippen LogP contribution < -0.4 is 19.5 Å². The fourth-order valence-corrected chi connectivity index (χ4v) is 7.52. The summed E-state index contributed by atoms with van der Waals surface area (Å²) in [6.07, 6.45) is 2.19. The van der Waals surface area contributed by atoms with Gasteiger partial charge in [0.1, 0.15) is 34.1 Å². The Hall–Kier alpha value is -5.09. The molecule has 0 amide bonds. The molecule has 3 aliphatic rings. The van der Waals surface area contributed by atoms with Crippen LogP contribution in [0.2, 0.25) is 10.0 Å². The number of piperidine rings is 3. The van der Waals surface area contributed by atoms with Crippen molar-refractivity contribution >= 4 is 41.6 Å². The van der Waals surface area contributed by atoms with Gasteiger partial charge in [0.05, 0.1) is 11.7 Å². The summed E-state index contributed by atoms with van der Waals surface area (Å²) in [6.45, 7) is 2.70. The first kappa shape index (κ1) is 44.0. The van der Waals surface area contributed by atoms with Crippen LogP contribution in [0.5, 0.6) is 11.5 Å². The molecule has 58 heavy (non-hydrogen) atoms. The number of nitrogens with one attached hydrogen (secondary N) is 1. The number of benzene rings is 3. The van der Waals surface area contributed by atoms with Crippen molar-refractivity contribution in [3.63, 3.8) is 0 Å². The molecule has 12 nitrogen and oxygen atoms in total. The molecule has 0 saturated carbocycles. The van der Waals surface area contributed by atoms with Crippen molar-refractivity contribution < 1.29 is 56.3 Å². The predicted molar refractivity (Wildman–Crippen MR) is 206 cm³/mol. The number of carbonyl (C=O) groups is 3. The Morgan fingerprint density at radius 1 is 1.00 bits per heavy atom. The maximum absolute atomic E-state index is 15.1. The van der Waals surface area contributed by atoms with Crippen LogP contribution in [0.3, 0.4) is 0 Å². The highest BCUT2D eigenvalue weighted by Crippen LogP contribution is 2.37. The Balaban J connectivity index is 0.00000207. The molecule has 3 saturated heterocycles. The maximum atomic E-state index is 15.1. The number of rotatable bonds is 15. The number of pyridine rings is 1. The van der Waals surface area contributed by atoms with Gasteiger partial charge in [-0.1, -0.05) is 59.6 Å². The molecule has 3 aliphatic heterocycles. The molecule has 4 aromatic rings. The molecular formula is C41H42Cl2F3N3O9. The molecule has 0 radical (unpaired) electrons. The van der Waals surface area contributed by atoms with E-state index in [4.69, 9.17) is 47.3 Å². The van der Waals surface area contributed by atoms with Crippen molar-refractivity contribution in [3.05, 3.63) is 128 Å². The van der Waals surface area contributed by atoms with E-state index in [0.29, 0.717) is 28.0 Å². The fraction of sp³-hybridized carbons (Fsp3) is 0.366. The Morgan fingerprint density at radius 2 is 1.69 bits per heavy atom. The largest absolute Gasteiger partial charge is 0.619 e. The van der Waals surface area contributed by atoms with Crippen LogP contribution >= 0.6 is 23.2 Å².